The van der Waals surface area contributed by atoms with E-state index in [-0.39, 0.29) is 44.3 Å². The van der Waals surface area contributed by atoms with E-state index < -0.39 is 5.92 Å². The zero-order chi connectivity index (χ0) is 24.6. The predicted octanol–water partition coefficient (Wildman–Crippen LogP) is 2.96. The summed E-state index contributed by atoms with van der Waals surface area (Å²) < 4.78 is 30.3. The number of pyridine rings is 2. The second-order valence-corrected chi connectivity index (χ2v) is 8.61. The first kappa shape index (κ1) is 22.6. The normalized spacial score (nSPS) is 15.3. The molecule has 35 heavy (non-hydrogen) atoms. The first-order valence-corrected chi connectivity index (χ1v) is 11.1. The second kappa shape index (κ2) is 8.90. The molecule has 1 aliphatic rings. The molecule has 0 unspecified atom stereocenters. The van der Waals surface area contributed by atoms with Gasteiger partial charge in [0.15, 0.2) is 0 Å². The van der Waals surface area contributed by atoms with E-state index in [0.717, 1.165) is 16.6 Å². The Bertz CT molecular complexity index is 1400. The molecular formula is C24H23F2N7O2. The number of rotatable bonds is 5. The number of nitrogens with one attached hydrogen (secondary N) is 1. The maximum Gasteiger partial charge on any atom is 0.255 e. The Labute approximate surface area is 199 Å². The van der Waals surface area contributed by atoms with Gasteiger partial charge >= 0.3 is 0 Å². The summed E-state index contributed by atoms with van der Waals surface area (Å²) in [6.07, 6.45) is 9.14. The second-order valence-electron chi connectivity index (χ2n) is 8.61. The van der Waals surface area contributed by atoms with Crippen molar-refractivity contribution in [3.05, 3.63) is 72.1 Å². The van der Waals surface area contributed by atoms with Crippen LogP contribution in [0.25, 0.3) is 16.7 Å². The molecule has 0 bridgehead atoms. The Balaban J connectivity index is 1.31. The summed E-state index contributed by atoms with van der Waals surface area (Å²) in [5.74, 6) is -3.23. The van der Waals surface area contributed by atoms with Crippen LogP contribution in [0.5, 0.6) is 0 Å². The molecule has 0 aliphatic carbocycles. The van der Waals surface area contributed by atoms with Crippen LogP contribution in [0.1, 0.15) is 39.1 Å². The van der Waals surface area contributed by atoms with Crippen LogP contribution in [-0.2, 0) is 13.6 Å². The van der Waals surface area contributed by atoms with E-state index >= 15 is 0 Å². The monoisotopic (exact) mass is 479 g/mol. The summed E-state index contributed by atoms with van der Waals surface area (Å²) in [7, 11) is 1.74. The molecule has 0 spiro atoms. The van der Waals surface area contributed by atoms with Gasteiger partial charge in [0.05, 0.1) is 29.2 Å². The Morgan fingerprint density at radius 1 is 1.09 bits per heavy atom. The summed E-state index contributed by atoms with van der Waals surface area (Å²) in [6, 6.07) is 5.45. The topological polar surface area (TPSA) is 97.9 Å². The molecule has 1 saturated heterocycles. The van der Waals surface area contributed by atoms with E-state index in [4.69, 9.17) is 0 Å². The van der Waals surface area contributed by atoms with Crippen molar-refractivity contribution in [2.24, 2.45) is 7.05 Å². The highest BCUT2D eigenvalue weighted by molar-refractivity contribution is 5.97. The molecule has 5 heterocycles. The molecule has 4 aromatic heterocycles. The lowest BCUT2D eigenvalue weighted by Crippen LogP contribution is -2.42. The number of hydrogen-bond donors (Lipinski definition) is 1. The van der Waals surface area contributed by atoms with Crippen molar-refractivity contribution in [3.63, 3.8) is 0 Å². The Morgan fingerprint density at radius 3 is 2.63 bits per heavy atom. The highest BCUT2D eigenvalue weighted by Crippen LogP contribution is 2.29. The van der Waals surface area contributed by atoms with Crippen LogP contribution in [0.2, 0.25) is 0 Å². The smallest absolute Gasteiger partial charge is 0.255 e. The minimum atomic E-state index is -2.71. The van der Waals surface area contributed by atoms with Crippen molar-refractivity contribution in [1.29, 1.82) is 0 Å². The van der Waals surface area contributed by atoms with Crippen molar-refractivity contribution < 1.29 is 18.4 Å². The van der Waals surface area contributed by atoms with E-state index in [9.17, 15) is 18.4 Å². The molecule has 5 rings (SSSR count). The standard InChI is InChI=1S/C24H23F2N7O2/c1-31-15-19(13-30-31)22(34)29-11-16-8-20(14-27-10-16)33-5-2-17-9-18(12-28-21(17)33)23(35)32-6-3-24(25,26)4-7-32/h2,5,8-10,12-15H,3-4,6-7,11H2,1H3,(H,29,34). The molecule has 11 heteroatoms. The highest BCUT2D eigenvalue weighted by atomic mass is 19.3. The molecule has 2 amide bonds. The third-order valence-corrected chi connectivity index (χ3v) is 6.03. The molecule has 1 aliphatic heterocycles. The fraction of sp³-hybridized carbons (Fsp3) is 0.292. The van der Waals surface area contributed by atoms with Gasteiger partial charge in [0, 0.05) is 69.7 Å². The number of aryl methyl sites for hydroxylation is 1. The minimum Gasteiger partial charge on any atom is -0.348 e. The Kier molecular flexibility index (Phi) is 5.75. The summed E-state index contributed by atoms with van der Waals surface area (Å²) in [6.45, 7) is 0.343. The average molecular weight is 479 g/mol. The maximum absolute atomic E-state index is 13.4. The number of fused-ring (bicyclic) bond motifs is 1. The van der Waals surface area contributed by atoms with Gasteiger partial charge in [0.25, 0.3) is 17.7 Å². The Morgan fingerprint density at radius 2 is 1.89 bits per heavy atom. The van der Waals surface area contributed by atoms with Crippen LogP contribution >= 0.6 is 0 Å². The fourth-order valence-electron chi connectivity index (χ4n) is 4.09. The van der Waals surface area contributed by atoms with Gasteiger partial charge in [-0.3, -0.25) is 23.8 Å². The molecule has 0 saturated carbocycles. The zero-order valence-corrected chi connectivity index (χ0v) is 19.0. The number of aromatic nitrogens is 5. The average Bonchev–Trinajstić information content (AvgIpc) is 3.48. The van der Waals surface area contributed by atoms with Crippen LogP contribution in [0.4, 0.5) is 8.78 Å². The lowest BCUT2D eigenvalue weighted by Gasteiger charge is -2.31. The molecule has 0 aromatic carbocycles. The van der Waals surface area contributed by atoms with Gasteiger partial charge in [0.1, 0.15) is 5.65 Å². The van der Waals surface area contributed by atoms with Crippen molar-refractivity contribution >= 4 is 22.8 Å². The molecule has 1 N–H and O–H groups in total. The molecule has 0 atom stereocenters. The Hall–Kier alpha value is -4.15. The largest absolute Gasteiger partial charge is 0.348 e. The number of amides is 2. The summed E-state index contributed by atoms with van der Waals surface area (Å²) in [5.41, 5.74) is 3.02. The van der Waals surface area contributed by atoms with E-state index in [2.05, 4.69) is 20.4 Å². The van der Waals surface area contributed by atoms with Gasteiger partial charge in [-0.2, -0.15) is 5.10 Å². The molecule has 4 aromatic rings. The van der Waals surface area contributed by atoms with Crippen molar-refractivity contribution in [2.75, 3.05) is 13.1 Å². The number of carbonyl (C=O) groups excluding carboxylic acids is 2. The van der Waals surface area contributed by atoms with Crippen LogP contribution < -0.4 is 5.32 Å². The SMILES string of the molecule is Cn1cc(C(=O)NCc2cncc(-n3ccc4cc(C(=O)N5CCC(F)(F)CC5)cnc43)c2)cn1. The number of piperidine rings is 1. The van der Waals surface area contributed by atoms with E-state index in [0.29, 0.717) is 16.8 Å². The third kappa shape index (κ3) is 4.75. The first-order valence-electron chi connectivity index (χ1n) is 11.1. The number of nitrogens with zero attached hydrogens (tertiary/aromatic N) is 6. The fourth-order valence-corrected chi connectivity index (χ4v) is 4.09. The van der Waals surface area contributed by atoms with Gasteiger partial charge in [0.2, 0.25) is 0 Å². The molecule has 1 fully saturated rings. The maximum atomic E-state index is 13.4. The quantitative estimate of drug-likeness (QED) is 0.475. The van der Waals surface area contributed by atoms with Crippen LogP contribution in [0, 0.1) is 0 Å². The number of halogens is 2. The zero-order valence-electron chi connectivity index (χ0n) is 19.0. The van der Waals surface area contributed by atoms with Gasteiger partial charge in [-0.15, -0.1) is 0 Å². The number of carbonyl (C=O) groups is 2. The number of alkyl halides is 2. The van der Waals surface area contributed by atoms with Crippen LogP contribution in [-0.4, -0.2) is 60.0 Å². The predicted molar refractivity (Wildman–Crippen MR) is 123 cm³/mol. The molecule has 0 radical (unpaired) electrons. The molecule has 9 nitrogen and oxygen atoms in total. The molecular weight excluding hydrogens is 456 g/mol. The van der Waals surface area contributed by atoms with Gasteiger partial charge in [-0.05, 0) is 23.8 Å². The van der Waals surface area contributed by atoms with Crippen molar-refractivity contribution in [3.8, 4) is 5.69 Å². The summed E-state index contributed by atoms with van der Waals surface area (Å²) >= 11 is 0. The molecule has 180 valence electrons. The van der Waals surface area contributed by atoms with E-state index in [1.807, 2.05) is 22.9 Å². The number of hydrogen-bond acceptors (Lipinski definition) is 5. The number of likely N-dealkylation sites (tertiary alicyclic amines) is 1. The van der Waals surface area contributed by atoms with E-state index in [1.54, 1.807) is 36.4 Å². The lowest BCUT2D eigenvalue weighted by molar-refractivity contribution is -0.0494. The van der Waals surface area contributed by atoms with Gasteiger partial charge in [-0.1, -0.05) is 0 Å². The summed E-state index contributed by atoms with van der Waals surface area (Å²) in [5, 5.41) is 7.59. The van der Waals surface area contributed by atoms with Crippen molar-refractivity contribution in [2.45, 2.75) is 25.3 Å². The lowest BCUT2D eigenvalue weighted by atomic mass is 10.1. The van der Waals surface area contributed by atoms with Crippen LogP contribution in [0.3, 0.4) is 0 Å². The summed E-state index contributed by atoms with van der Waals surface area (Å²) in [4.78, 5) is 35.3. The van der Waals surface area contributed by atoms with Gasteiger partial charge in [-0.25, -0.2) is 13.8 Å². The first-order chi connectivity index (χ1) is 16.8. The van der Waals surface area contributed by atoms with E-state index in [1.165, 1.54) is 17.3 Å². The third-order valence-electron chi connectivity index (χ3n) is 6.03. The highest BCUT2D eigenvalue weighted by Gasteiger charge is 2.35. The van der Waals surface area contributed by atoms with Gasteiger partial charge < -0.3 is 10.2 Å². The minimum absolute atomic E-state index is 0.0284. The van der Waals surface area contributed by atoms with Crippen LogP contribution in [0.15, 0.2) is 55.4 Å². The van der Waals surface area contributed by atoms with Crippen molar-refractivity contribution in [1.82, 2.24) is 34.5 Å².